The molecule has 1 aliphatic rings. The van der Waals surface area contributed by atoms with Gasteiger partial charge in [0.05, 0.1) is 6.61 Å². The number of ether oxygens (including phenoxy) is 2. The molecule has 1 saturated heterocycles. The normalized spacial score (nSPS) is 17.0. The highest BCUT2D eigenvalue weighted by atomic mass is 16.7. The zero-order valence-corrected chi connectivity index (χ0v) is 18.3. The molecular formula is C23H45NO3. The van der Waals surface area contributed by atoms with E-state index < -0.39 is 6.16 Å². The number of nitrogens with zero attached hydrogens (tertiary/aromatic N) is 1. The third kappa shape index (κ3) is 13.1. The van der Waals surface area contributed by atoms with E-state index in [0.29, 0.717) is 12.5 Å². The molecule has 0 saturated carbocycles. The summed E-state index contributed by atoms with van der Waals surface area (Å²) in [6, 6.07) is 0. The van der Waals surface area contributed by atoms with Crippen molar-refractivity contribution >= 4 is 6.16 Å². The second kappa shape index (κ2) is 16.2. The van der Waals surface area contributed by atoms with E-state index in [1.807, 2.05) is 0 Å². The summed E-state index contributed by atoms with van der Waals surface area (Å²) in [5.74, 6) is 0.496. The smallest absolute Gasteiger partial charge is 0.434 e. The van der Waals surface area contributed by atoms with Crippen LogP contribution in [0, 0.1) is 5.92 Å². The van der Waals surface area contributed by atoms with Crippen molar-refractivity contribution in [2.24, 2.45) is 5.92 Å². The Kier molecular flexibility index (Phi) is 14.6. The van der Waals surface area contributed by atoms with Crippen LogP contribution in [0.5, 0.6) is 0 Å². The lowest BCUT2D eigenvalue weighted by molar-refractivity contribution is 0.00596. The van der Waals surface area contributed by atoms with Gasteiger partial charge in [0, 0.05) is 0 Å². The zero-order valence-electron chi connectivity index (χ0n) is 18.3. The summed E-state index contributed by atoms with van der Waals surface area (Å²) in [6.07, 6.45) is 17.0. The lowest BCUT2D eigenvalue weighted by atomic mass is 9.98. The van der Waals surface area contributed by atoms with Crippen LogP contribution in [0.25, 0.3) is 0 Å². The standard InChI is InChI=1S/C23H45NO3/c1-4-6-7-8-9-10-11-12-13-14-15-22(5-2)27-23(25)26-20-21-16-18-24(3)19-17-21/h21-22H,4-20H2,1-3H3. The van der Waals surface area contributed by atoms with Gasteiger partial charge in [0.1, 0.15) is 6.10 Å². The molecule has 1 atom stereocenters. The summed E-state index contributed by atoms with van der Waals surface area (Å²) in [5, 5.41) is 0. The van der Waals surface area contributed by atoms with Crippen LogP contribution >= 0.6 is 0 Å². The lowest BCUT2D eigenvalue weighted by Crippen LogP contribution is -2.32. The van der Waals surface area contributed by atoms with Gasteiger partial charge in [-0.3, -0.25) is 0 Å². The molecule has 0 aromatic rings. The Balaban J connectivity index is 1.98. The number of carbonyl (C=O) groups excluding carboxylic acids is 1. The number of rotatable bonds is 15. The molecule has 27 heavy (non-hydrogen) atoms. The Morgan fingerprint density at radius 1 is 0.926 bits per heavy atom. The fourth-order valence-corrected chi connectivity index (χ4v) is 3.79. The van der Waals surface area contributed by atoms with E-state index in [0.717, 1.165) is 45.2 Å². The molecule has 0 bridgehead atoms. The molecule has 0 aromatic carbocycles. The third-order valence-electron chi connectivity index (χ3n) is 5.87. The third-order valence-corrected chi connectivity index (χ3v) is 5.87. The summed E-state index contributed by atoms with van der Waals surface area (Å²) in [7, 11) is 2.14. The van der Waals surface area contributed by atoms with Crippen molar-refractivity contribution in [1.29, 1.82) is 0 Å². The van der Waals surface area contributed by atoms with Gasteiger partial charge in [-0.15, -0.1) is 0 Å². The van der Waals surface area contributed by atoms with Crippen LogP contribution in [-0.2, 0) is 9.47 Å². The minimum Gasteiger partial charge on any atom is -0.434 e. The predicted molar refractivity (Wildman–Crippen MR) is 113 cm³/mol. The summed E-state index contributed by atoms with van der Waals surface area (Å²) in [5.41, 5.74) is 0. The van der Waals surface area contributed by atoms with E-state index in [-0.39, 0.29) is 6.10 Å². The average Bonchev–Trinajstić information content (AvgIpc) is 2.68. The Hall–Kier alpha value is -0.770. The van der Waals surface area contributed by atoms with E-state index in [4.69, 9.17) is 9.47 Å². The molecule has 4 nitrogen and oxygen atoms in total. The van der Waals surface area contributed by atoms with Crippen LogP contribution in [0.2, 0.25) is 0 Å². The summed E-state index contributed by atoms with van der Waals surface area (Å²) in [4.78, 5) is 14.3. The van der Waals surface area contributed by atoms with Crippen molar-refractivity contribution in [3.05, 3.63) is 0 Å². The maximum atomic E-state index is 11.9. The molecule has 4 heteroatoms. The number of unbranched alkanes of at least 4 members (excludes halogenated alkanes) is 9. The molecule has 1 rings (SSSR count). The fraction of sp³-hybridized carbons (Fsp3) is 0.957. The van der Waals surface area contributed by atoms with Gasteiger partial charge in [-0.1, -0.05) is 71.6 Å². The molecule has 0 aliphatic carbocycles. The lowest BCUT2D eigenvalue weighted by Gasteiger charge is -2.28. The van der Waals surface area contributed by atoms with Crippen LogP contribution in [0.3, 0.4) is 0 Å². The van der Waals surface area contributed by atoms with Gasteiger partial charge in [0.2, 0.25) is 0 Å². The maximum absolute atomic E-state index is 11.9. The van der Waals surface area contributed by atoms with E-state index in [2.05, 4.69) is 25.8 Å². The minimum absolute atomic E-state index is 0.0176. The number of likely N-dealkylation sites (tertiary alicyclic amines) is 1. The van der Waals surface area contributed by atoms with Crippen molar-refractivity contribution in [2.75, 3.05) is 26.7 Å². The molecular weight excluding hydrogens is 338 g/mol. The molecule has 0 amide bonds. The number of hydrogen-bond acceptors (Lipinski definition) is 4. The zero-order chi connectivity index (χ0) is 19.7. The van der Waals surface area contributed by atoms with Crippen molar-refractivity contribution in [3.8, 4) is 0 Å². The Labute approximate surface area is 168 Å². The Bertz CT molecular complexity index is 354. The molecule has 0 aromatic heterocycles. The summed E-state index contributed by atoms with van der Waals surface area (Å²) >= 11 is 0. The van der Waals surface area contributed by atoms with E-state index in [1.54, 1.807) is 0 Å². The summed E-state index contributed by atoms with van der Waals surface area (Å²) in [6.45, 7) is 7.06. The Morgan fingerprint density at radius 2 is 1.48 bits per heavy atom. The van der Waals surface area contributed by atoms with Crippen LogP contribution in [0.4, 0.5) is 4.79 Å². The van der Waals surface area contributed by atoms with Gasteiger partial charge in [-0.2, -0.15) is 0 Å². The number of hydrogen-bond donors (Lipinski definition) is 0. The quantitative estimate of drug-likeness (QED) is 0.237. The second-order valence-corrected chi connectivity index (χ2v) is 8.43. The van der Waals surface area contributed by atoms with E-state index in [9.17, 15) is 4.79 Å². The predicted octanol–water partition coefficient (Wildman–Crippen LogP) is 6.57. The molecule has 1 aliphatic heterocycles. The first-order valence-corrected chi connectivity index (χ1v) is 11.7. The van der Waals surface area contributed by atoms with Crippen LogP contribution in [-0.4, -0.2) is 43.9 Å². The van der Waals surface area contributed by atoms with Crippen molar-refractivity contribution in [1.82, 2.24) is 4.90 Å². The molecule has 0 spiro atoms. The van der Waals surface area contributed by atoms with Crippen molar-refractivity contribution in [2.45, 2.75) is 110 Å². The molecule has 1 fully saturated rings. The monoisotopic (exact) mass is 383 g/mol. The van der Waals surface area contributed by atoms with Gasteiger partial charge in [-0.05, 0) is 58.2 Å². The van der Waals surface area contributed by atoms with Crippen LogP contribution < -0.4 is 0 Å². The van der Waals surface area contributed by atoms with Gasteiger partial charge >= 0.3 is 6.16 Å². The minimum atomic E-state index is -0.465. The molecule has 0 N–H and O–H groups in total. The first-order valence-electron chi connectivity index (χ1n) is 11.7. The highest BCUT2D eigenvalue weighted by molar-refractivity contribution is 5.60. The summed E-state index contributed by atoms with van der Waals surface area (Å²) < 4.78 is 10.9. The first kappa shape index (κ1) is 24.3. The highest BCUT2D eigenvalue weighted by Crippen LogP contribution is 2.18. The second-order valence-electron chi connectivity index (χ2n) is 8.43. The molecule has 160 valence electrons. The van der Waals surface area contributed by atoms with Gasteiger partial charge in [-0.25, -0.2) is 4.79 Å². The maximum Gasteiger partial charge on any atom is 0.508 e. The average molecular weight is 384 g/mol. The van der Waals surface area contributed by atoms with Gasteiger partial charge in [0.25, 0.3) is 0 Å². The largest absolute Gasteiger partial charge is 0.508 e. The van der Waals surface area contributed by atoms with Crippen LogP contribution in [0.1, 0.15) is 104 Å². The van der Waals surface area contributed by atoms with Crippen LogP contribution in [0.15, 0.2) is 0 Å². The topological polar surface area (TPSA) is 38.8 Å². The number of piperidine rings is 1. The molecule has 1 unspecified atom stereocenters. The van der Waals surface area contributed by atoms with Crippen molar-refractivity contribution < 1.29 is 14.3 Å². The molecule has 1 heterocycles. The highest BCUT2D eigenvalue weighted by Gasteiger charge is 2.20. The molecule has 0 radical (unpaired) electrons. The number of carbonyl (C=O) groups is 1. The SMILES string of the molecule is CCCCCCCCCCCCC(CC)OC(=O)OCC1CCN(C)CC1. The van der Waals surface area contributed by atoms with Crippen molar-refractivity contribution in [3.63, 3.8) is 0 Å². The van der Waals surface area contributed by atoms with E-state index in [1.165, 1.54) is 57.8 Å². The van der Waals surface area contributed by atoms with Gasteiger partial charge in [0.15, 0.2) is 0 Å². The van der Waals surface area contributed by atoms with Gasteiger partial charge < -0.3 is 14.4 Å². The first-order chi connectivity index (χ1) is 13.2. The van der Waals surface area contributed by atoms with E-state index >= 15 is 0 Å². The fourth-order valence-electron chi connectivity index (χ4n) is 3.79. The Morgan fingerprint density at radius 3 is 2.04 bits per heavy atom.